The fourth-order valence-corrected chi connectivity index (χ4v) is 4.06. The lowest BCUT2D eigenvalue weighted by atomic mass is 9.98. The van der Waals surface area contributed by atoms with Crippen LogP contribution in [0.4, 0.5) is 15.1 Å². The van der Waals surface area contributed by atoms with E-state index in [0.29, 0.717) is 39.7 Å². The number of anilines is 1. The minimum atomic E-state index is -0.642. The molecule has 9 heteroatoms. The van der Waals surface area contributed by atoms with Crippen molar-refractivity contribution in [3.8, 4) is 11.1 Å². The molecule has 1 amide bonds. The lowest BCUT2D eigenvalue weighted by Crippen LogP contribution is -2.12. The Morgan fingerprint density at radius 2 is 2.00 bits per heavy atom. The Bertz CT molecular complexity index is 1620. The first kappa shape index (κ1) is 21.3. The number of benzene rings is 3. The lowest BCUT2D eigenvalue weighted by molar-refractivity contribution is 0.186. The standard InChI is InChI=1S/C25H20FN5O3/c1-13-4-3-5-16-20(30-31-23(32)22(13)16)11-14-6-8-18(26)17(10-14)15-7-9-19-21(12-15)28-24(27-19)29-25(33)34-2/h3-10,12H,11H2,1-2H3,(H,31,32)(H2,27,28,29,33). The van der Waals surface area contributed by atoms with Crippen LogP contribution in [0.25, 0.3) is 32.9 Å². The molecule has 0 saturated carbocycles. The number of hydrogen-bond donors (Lipinski definition) is 3. The van der Waals surface area contributed by atoms with Crippen molar-refractivity contribution in [3.05, 3.63) is 87.6 Å². The predicted molar refractivity (Wildman–Crippen MR) is 127 cm³/mol. The summed E-state index contributed by atoms with van der Waals surface area (Å²) in [6, 6.07) is 15.8. The summed E-state index contributed by atoms with van der Waals surface area (Å²) in [6.45, 7) is 1.88. The van der Waals surface area contributed by atoms with E-state index in [1.807, 2.05) is 25.1 Å². The summed E-state index contributed by atoms with van der Waals surface area (Å²) in [7, 11) is 1.26. The lowest BCUT2D eigenvalue weighted by Gasteiger charge is -2.09. The molecule has 0 aliphatic heterocycles. The zero-order valence-corrected chi connectivity index (χ0v) is 18.4. The van der Waals surface area contributed by atoms with Crippen molar-refractivity contribution < 1.29 is 13.9 Å². The van der Waals surface area contributed by atoms with Gasteiger partial charge in [-0.15, -0.1) is 0 Å². The Balaban J connectivity index is 1.51. The van der Waals surface area contributed by atoms with Crippen molar-refractivity contribution in [3.63, 3.8) is 0 Å². The number of aromatic nitrogens is 4. The molecule has 3 N–H and O–H groups in total. The highest BCUT2D eigenvalue weighted by Gasteiger charge is 2.13. The van der Waals surface area contributed by atoms with Gasteiger partial charge in [-0.2, -0.15) is 5.10 Å². The van der Waals surface area contributed by atoms with Crippen LogP contribution in [0.3, 0.4) is 0 Å². The Morgan fingerprint density at radius 1 is 1.15 bits per heavy atom. The third kappa shape index (κ3) is 3.88. The van der Waals surface area contributed by atoms with E-state index < -0.39 is 6.09 Å². The first-order chi connectivity index (χ1) is 16.4. The molecule has 34 heavy (non-hydrogen) atoms. The fraction of sp³-hybridized carbons (Fsp3) is 0.120. The van der Waals surface area contributed by atoms with E-state index in [1.54, 1.807) is 30.3 Å². The van der Waals surface area contributed by atoms with Crippen molar-refractivity contribution in [1.82, 2.24) is 20.2 Å². The highest BCUT2D eigenvalue weighted by molar-refractivity contribution is 5.88. The number of carbonyl (C=O) groups excluding carboxylic acids is 1. The molecule has 0 bridgehead atoms. The molecule has 8 nitrogen and oxygen atoms in total. The van der Waals surface area contributed by atoms with Crippen LogP contribution in [-0.4, -0.2) is 33.4 Å². The Hall–Kier alpha value is -4.53. The zero-order valence-electron chi connectivity index (χ0n) is 18.4. The predicted octanol–water partition coefficient (Wildman–Crippen LogP) is 4.68. The zero-order chi connectivity index (χ0) is 23.8. The molecule has 0 spiro atoms. The number of fused-ring (bicyclic) bond motifs is 2. The van der Waals surface area contributed by atoms with Crippen LogP contribution < -0.4 is 10.9 Å². The minimum Gasteiger partial charge on any atom is -0.453 e. The van der Waals surface area contributed by atoms with E-state index in [-0.39, 0.29) is 17.3 Å². The number of carbonyl (C=O) groups is 1. The molecule has 0 fully saturated rings. The molecule has 0 aliphatic rings. The SMILES string of the molecule is COC(=O)Nc1nc2cc(-c3cc(Cc4n[nH]c(=O)c5c(C)cccc45)ccc3F)ccc2[nH]1. The molecule has 170 valence electrons. The summed E-state index contributed by atoms with van der Waals surface area (Å²) >= 11 is 0. The number of ether oxygens (including phenoxy) is 1. The highest BCUT2D eigenvalue weighted by Crippen LogP contribution is 2.29. The second kappa shape index (κ2) is 8.43. The van der Waals surface area contributed by atoms with E-state index in [4.69, 9.17) is 0 Å². The highest BCUT2D eigenvalue weighted by atomic mass is 19.1. The summed E-state index contributed by atoms with van der Waals surface area (Å²) in [6.07, 6.45) is -0.224. The maximum Gasteiger partial charge on any atom is 0.413 e. The van der Waals surface area contributed by atoms with Crippen LogP contribution in [-0.2, 0) is 11.2 Å². The smallest absolute Gasteiger partial charge is 0.413 e. The molecule has 0 atom stereocenters. The number of nitrogens with zero attached hydrogens (tertiary/aromatic N) is 2. The quantitative estimate of drug-likeness (QED) is 0.363. The summed E-state index contributed by atoms with van der Waals surface area (Å²) < 4.78 is 19.4. The number of halogens is 1. The Morgan fingerprint density at radius 3 is 2.82 bits per heavy atom. The van der Waals surface area contributed by atoms with Gasteiger partial charge in [-0.05, 0) is 47.9 Å². The third-order valence-corrected chi connectivity index (χ3v) is 5.71. The number of H-pyrrole nitrogens is 2. The van der Waals surface area contributed by atoms with Crippen LogP contribution in [0.1, 0.15) is 16.8 Å². The van der Waals surface area contributed by atoms with Gasteiger partial charge >= 0.3 is 6.09 Å². The molecule has 2 aromatic heterocycles. The molecule has 5 aromatic rings. The first-order valence-corrected chi connectivity index (χ1v) is 10.5. The average Bonchev–Trinajstić information content (AvgIpc) is 3.23. The van der Waals surface area contributed by atoms with Crippen molar-refractivity contribution in [2.45, 2.75) is 13.3 Å². The number of aromatic amines is 2. The number of aryl methyl sites for hydroxylation is 1. The van der Waals surface area contributed by atoms with Gasteiger partial charge in [0.2, 0.25) is 5.95 Å². The number of nitrogens with one attached hydrogen (secondary N) is 3. The molecular formula is C25H20FN5O3. The van der Waals surface area contributed by atoms with Gasteiger partial charge in [-0.1, -0.05) is 30.3 Å². The molecule has 3 aromatic carbocycles. The monoisotopic (exact) mass is 457 g/mol. The maximum atomic E-state index is 14.8. The fourth-order valence-electron chi connectivity index (χ4n) is 4.06. The topological polar surface area (TPSA) is 113 Å². The van der Waals surface area contributed by atoms with Crippen LogP contribution in [0.2, 0.25) is 0 Å². The molecule has 0 unspecified atom stereocenters. The van der Waals surface area contributed by atoms with E-state index in [2.05, 4.69) is 30.2 Å². The second-order valence-corrected chi connectivity index (χ2v) is 7.92. The van der Waals surface area contributed by atoms with Gasteiger partial charge in [0.15, 0.2) is 0 Å². The second-order valence-electron chi connectivity index (χ2n) is 7.92. The van der Waals surface area contributed by atoms with Crippen LogP contribution in [0.5, 0.6) is 0 Å². The Labute approximate surface area is 192 Å². The van der Waals surface area contributed by atoms with E-state index in [1.165, 1.54) is 13.2 Å². The van der Waals surface area contributed by atoms with Gasteiger partial charge in [0, 0.05) is 17.4 Å². The van der Waals surface area contributed by atoms with Gasteiger partial charge in [0.1, 0.15) is 5.82 Å². The third-order valence-electron chi connectivity index (χ3n) is 5.71. The number of hydrogen-bond acceptors (Lipinski definition) is 5. The summed E-state index contributed by atoms with van der Waals surface area (Å²) in [4.78, 5) is 31.0. The number of methoxy groups -OCH3 is 1. The largest absolute Gasteiger partial charge is 0.453 e. The first-order valence-electron chi connectivity index (χ1n) is 10.5. The maximum absolute atomic E-state index is 14.8. The molecule has 0 aliphatic carbocycles. The average molecular weight is 457 g/mol. The van der Waals surface area contributed by atoms with E-state index in [9.17, 15) is 14.0 Å². The minimum absolute atomic E-state index is 0.231. The van der Waals surface area contributed by atoms with Crippen LogP contribution >= 0.6 is 0 Å². The van der Waals surface area contributed by atoms with Gasteiger partial charge < -0.3 is 9.72 Å². The number of imidazole rings is 1. The summed E-state index contributed by atoms with van der Waals surface area (Å²) in [5.74, 6) is -0.138. The Kier molecular flexibility index (Phi) is 5.29. The van der Waals surface area contributed by atoms with Crippen LogP contribution in [0, 0.1) is 12.7 Å². The van der Waals surface area contributed by atoms with Gasteiger partial charge in [0.05, 0.1) is 29.2 Å². The van der Waals surface area contributed by atoms with Gasteiger partial charge in [-0.3, -0.25) is 10.1 Å². The van der Waals surface area contributed by atoms with Gasteiger partial charge in [0.25, 0.3) is 5.56 Å². The normalized spacial score (nSPS) is 11.1. The number of rotatable bonds is 4. The summed E-state index contributed by atoms with van der Waals surface area (Å²) in [5.41, 5.74) is 4.49. The van der Waals surface area contributed by atoms with E-state index >= 15 is 0 Å². The molecule has 5 rings (SSSR count). The van der Waals surface area contributed by atoms with Gasteiger partial charge in [-0.25, -0.2) is 19.3 Å². The molecule has 0 saturated heterocycles. The van der Waals surface area contributed by atoms with Crippen LogP contribution in [0.15, 0.2) is 59.4 Å². The number of amides is 1. The van der Waals surface area contributed by atoms with E-state index in [0.717, 1.165) is 16.5 Å². The molecule has 0 radical (unpaired) electrons. The van der Waals surface area contributed by atoms with Crippen molar-refractivity contribution in [1.29, 1.82) is 0 Å². The molecule has 2 heterocycles. The van der Waals surface area contributed by atoms with Crippen molar-refractivity contribution >= 4 is 33.8 Å². The summed E-state index contributed by atoms with van der Waals surface area (Å²) in [5, 5.41) is 10.7. The van der Waals surface area contributed by atoms with Crippen molar-refractivity contribution in [2.75, 3.05) is 12.4 Å². The molecular weight excluding hydrogens is 437 g/mol. The van der Waals surface area contributed by atoms with Crippen molar-refractivity contribution in [2.24, 2.45) is 0 Å².